The second-order valence-electron chi connectivity index (χ2n) is 7.41. The van der Waals surface area contributed by atoms with Crippen LogP contribution in [0, 0.1) is 6.92 Å². The molecule has 0 saturated carbocycles. The van der Waals surface area contributed by atoms with E-state index in [1.54, 1.807) is 4.90 Å². The van der Waals surface area contributed by atoms with Gasteiger partial charge in [0.15, 0.2) is 0 Å². The lowest BCUT2D eigenvalue weighted by Crippen LogP contribution is -2.67. The summed E-state index contributed by atoms with van der Waals surface area (Å²) in [6, 6.07) is 5.96. The van der Waals surface area contributed by atoms with Gasteiger partial charge >= 0.3 is 0 Å². The number of aryl methyl sites for hydroxylation is 2. The molecule has 1 spiro atoms. The van der Waals surface area contributed by atoms with Gasteiger partial charge in [-0.15, -0.1) is 0 Å². The zero-order valence-corrected chi connectivity index (χ0v) is 15.8. The van der Waals surface area contributed by atoms with E-state index >= 15 is 0 Å². The highest BCUT2D eigenvalue weighted by Crippen LogP contribution is 2.36. The van der Waals surface area contributed by atoms with Crippen molar-refractivity contribution < 1.29 is 18.8 Å². The maximum absolute atomic E-state index is 12.6. The number of rotatable bonds is 5. The number of hydrogen-bond donors (Lipinski definition) is 0. The van der Waals surface area contributed by atoms with Crippen LogP contribution in [0.2, 0.25) is 0 Å². The minimum absolute atomic E-state index is 0.0330. The second kappa shape index (κ2) is 7.40. The molecule has 0 radical (unpaired) electrons. The van der Waals surface area contributed by atoms with E-state index in [0.717, 1.165) is 24.2 Å². The van der Waals surface area contributed by atoms with Crippen molar-refractivity contribution in [2.75, 3.05) is 19.7 Å². The van der Waals surface area contributed by atoms with E-state index in [-0.39, 0.29) is 17.6 Å². The van der Waals surface area contributed by atoms with Gasteiger partial charge in [0.1, 0.15) is 16.9 Å². The highest BCUT2D eigenvalue weighted by Gasteiger charge is 2.50. The third kappa shape index (κ3) is 3.75. The Balaban J connectivity index is 1.32. The van der Waals surface area contributed by atoms with Gasteiger partial charge < -0.3 is 18.9 Å². The Morgan fingerprint density at radius 1 is 1.41 bits per heavy atom. The quantitative estimate of drug-likeness (QED) is 0.804. The van der Waals surface area contributed by atoms with Gasteiger partial charge in [-0.2, -0.15) is 0 Å². The van der Waals surface area contributed by atoms with Crippen molar-refractivity contribution in [2.24, 2.45) is 0 Å². The Kier molecular flexibility index (Phi) is 4.97. The molecular formula is C20H25N3O4. The summed E-state index contributed by atoms with van der Waals surface area (Å²) in [5, 5.41) is 3.75. The highest BCUT2D eigenvalue weighted by atomic mass is 16.5. The molecule has 0 bridgehead atoms. The summed E-state index contributed by atoms with van der Waals surface area (Å²) in [5.41, 5.74) is 2.21. The fourth-order valence-electron chi connectivity index (χ4n) is 3.89. The number of nitrogens with zero attached hydrogens (tertiary/aromatic N) is 3. The zero-order valence-electron chi connectivity index (χ0n) is 15.8. The Hall–Kier alpha value is -2.25. The molecule has 2 aromatic heterocycles. The first-order valence-corrected chi connectivity index (χ1v) is 9.49. The molecule has 7 heteroatoms. The van der Waals surface area contributed by atoms with Gasteiger partial charge in [-0.3, -0.25) is 9.78 Å². The van der Waals surface area contributed by atoms with Crippen molar-refractivity contribution >= 4 is 5.91 Å². The van der Waals surface area contributed by atoms with Crippen LogP contribution in [0.25, 0.3) is 0 Å². The van der Waals surface area contributed by atoms with Gasteiger partial charge in [-0.05, 0) is 25.5 Å². The minimum atomic E-state index is -0.290. The molecule has 2 aliphatic heterocycles. The molecule has 2 aromatic rings. The number of carbonyl (C=O) groups excluding carboxylic acids is 1. The van der Waals surface area contributed by atoms with Crippen molar-refractivity contribution in [2.45, 2.75) is 51.4 Å². The van der Waals surface area contributed by atoms with Gasteiger partial charge in [0.05, 0.1) is 37.7 Å². The van der Waals surface area contributed by atoms with Gasteiger partial charge in [0, 0.05) is 25.1 Å². The van der Waals surface area contributed by atoms with Crippen LogP contribution in [0.4, 0.5) is 0 Å². The molecule has 2 aliphatic rings. The predicted molar refractivity (Wildman–Crippen MR) is 97.3 cm³/mol. The molecule has 144 valence electrons. The maximum atomic E-state index is 12.6. The van der Waals surface area contributed by atoms with Crippen LogP contribution in [0.3, 0.4) is 0 Å². The van der Waals surface area contributed by atoms with E-state index in [1.807, 2.05) is 32.0 Å². The lowest BCUT2D eigenvalue weighted by molar-refractivity contribution is -0.188. The van der Waals surface area contributed by atoms with Crippen LogP contribution in [0.5, 0.6) is 0 Å². The van der Waals surface area contributed by atoms with Crippen LogP contribution in [0.15, 0.2) is 28.9 Å². The van der Waals surface area contributed by atoms with Crippen molar-refractivity contribution in [3.8, 4) is 0 Å². The van der Waals surface area contributed by atoms with Crippen LogP contribution in [0.1, 0.15) is 47.3 Å². The van der Waals surface area contributed by atoms with Gasteiger partial charge in [-0.1, -0.05) is 18.1 Å². The summed E-state index contributed by atoms with van der Waals surface area (Å²) in [6.45, 7) is 6.26. The molecule has 0 aliphatic carbocycles. The van der Waals surface area contributed by atoms with Gasteiger partial charge in [-0.25, -0.2) is 0 Å². The standard InChI is InChI=1S/C20H25N3O4/c1-3-18-17(10-21-27-18)19(24)23-12-20(13-23)9-16(7-8-26-20)25-11-15-6-4-5-14(2)22-15/h4-6,10,16H,3,7-9,11-13H2,1-2H3. The normalized spacial score (nSPS) is 21.3. The molecule has 0 N–H and O–H groups in total. The molecular weight excluding hydrogens is 346 g/mol. The SMILES string of the molecule is CCc1oncc1C(=O)N1CC2(CC(OCc3cccc(C)n3)CCO2)C1. The third-order valence-corrected chi connectivity index (χ3v) is 5.30. The second-order valence-corrected chi connectivity index (χ2v) is 7.41. The third-order valence-electron chi connectivity index (χ3n) is 5.30. The monoisotopic (exact) mass is 371 g/mol. The van der Waals surface area contributed by atoms with Crippen LogP contribution in [-0.2, 0) is 22.5 Å². The topological polar surface area (TPSA) is 77.7 Å². The van der Waals surface area contributed by atoms with Crippen molar-refractivity contribution in [1.82, 2.24) is 15.0 Å². The van der Waals surface area contributed by atoms with E-state index in [1.165, 1.54) is 6.20 Å². The summed E-state index contributed by atoms with van der Waals surface area (Å²) in [4.78, 5) is 18.9. The summed E-state index contributed by atoms with van der Waals surface area (Å²) < 4.78 is 17.3. The number of amides is 1. The summed E-state index contributed by atoms with van der Waals surface area (Å²) in [7, 11) is 0. The van der Waals surface area contributed by atoms with E-state index in [2.05, 4.69) is 10.1 Å². The van der Waals surface area contributed by atoms with Crippen LogP contribution < -0.4 is 0 Å². The molecule has 1 amide bonds. The molecule has 27 heavy (non-hydrogen) atoms. The summed E-state index contributed by atoms with van der Waals surface area (Å²) in [6.07, 6.45) is 3.95. The number of ether oxygens (including phenoxy) is 2. The van der Waals surface area contributed by atoms with E-state index < -0.39 is 0 Å². The fourth-order valence-corrected chi connectivity index (χ4v) is 3.89. The molecule has 0 aromatic carbocycles. The van der Waals surface area contributed by atoms with Gasteiger partial charge in [0.25, 0.3) is 5.91 Å². The zero-order chi connectivity index (χ0) is 18.9. The first-order chi connectivity index (χ1) is 13.1. The Bertz CT molecular complexity index is 813. The molecule has 4 heterocycles. The molecule has 2 fully saturated rings. The number of aromatic nitrogens is 2. The van der Waals surface area contributed by atoms with Crippen LogP contribution in [-0.4, -0.2) is 52.3 Å². The lowest BCUT2D eigenvalue weighted by atomic mass is 9.84. The van der Waals surface area contributed by atoms with Crippen molar-refractivity contribution in [1.29, 1.82) is 0 Å². The number of pyridine rings is 1. The number of carbonyl (C=O) groups is 1. The fraction of sp³-hybridized carbons (Fsp3) is 0.550. The molecule has 7 nitrogen and oxygen atoms in total. The van der Waals surface area contributed by atoms with Gasteiger partial charge in [0.2, 0.25) is 0 Å². The van der Waals surface area contributed by atoms with E-state index in [9.17, 15) is 4.79 Å². The van der Waals surface area contributed by atoms with E-state index in [0.29, 0.717) is 44.0 Å². The largest absolute Gasteiger partial charge is 0.372 e. The minimum Gasteiger partial charge on any atom is -0.372 e. The lowest BCUT2D eigenvalue weighted by Gasteiger charge is -2.52. The summed E-state index contributed by atoms with van der Waals surface area (Å²) >= 11 is 0. The van der Waals surface area contributed by atoms with E-state index in [4.69, 9.17) is 14.0 Å². The molecule has 1 unspecified atom stereocenters. The number of hydrogen-bond acceptors (Lipinski definition) is 6. The Morgan fingerprint density at radius 2 is 2.26 bits per heavy atom. The van der Waals surface area contributed by atoms with Crippen molar-refractivity contribution in [3.05, 3.63) is 47.1 Å². The highest BCUT2D eigenvalue weighted by molar-refractivity contribution is 5.95. The molecule has 4 rings (SSSR count). The summed E-state index contributed by atoms with van der Waals surface area (Å²) in [5.74, 6) is 0.603. The Labute approximate surface area is 158 Å². The van der Waals surface area contributed by atoms with Crippen LogP contribution >= 0.6 is 0 Å². The smallest absolute Gasteiger partial charge is 0.259 e. The Morgan fingerprint density at radius 3 is 3.04 bits per heavy atom. The first-order valence-electron chi connectivity index (χ1n) is 9.49. The molecule has 2 saturated heterocycles. The predicted octanol–water partition coefficient (Wildman–Crippen LogP) is 2.53. The maximum Gasteiger partial charge on any atom is 0.259 e. The molecule has 1 atom stereocenters. The van der Waals surface area contributed by atoms with Crippen molar-refractivity contribution in [3.63, 3.8) is 0 Å². The first kappa shape index (κ1) is 18.1. The average molecular weight is 371 g/mol. The number of likely N-dealkylation sites (tertiary alicyclic amines) is 1. The average Bonchev–Trinajstić information content (AvgIpc) is 3.13.